The molecule has 3 rings (SSSR count). The third kappa shape index (κ3) is 3.91. The van der Waals surface area contributed by atoms with Crippen molar-refractivity contribution in [3.05, 3.63) is 59.7 Å². The van der Waals surface area contributed by atoms with Crippen molar-refractivity contribution in [3.63, 3.8) is 0 Å². The molecule has 0 bridgehead atoms. The van der Waals surface area contributed by atoms with Gasteiger partial charge in [-0.05, 0) is 55.7 Å². The highest BCUT2D eigenvalue weighted by molar-refractivity contribution is 5.95. The number of ether oxygens (including phenoxy) is 1. The first-order chi connectivity index (χ1) is 11.6. The lowest BCUT2D eigenvalue weighted by Gasteiger charge is -2.33. The molecular formula is C19H21FN2O2. The van der Waals surface area contributed by atoms with Crippen LogP contribution in [-0.4, -0.2) is 35.5 Å². The first-order valence-electron chi connectivity index (χ1n) is 8.22. The van der Waals surface area contributed by atoms with Crippen LogP contribution in [0.1, 0.15) is 28.8 Å². The maximum absolute atomic E-state index is 12.9. The predicted molar refractivity (Wildman–Crippen MR) is 89.5 cm³/mol. The van der Waals surface area contributed by atoms with Crippen LogP contribution in [-0.2, 0) is 0 Å². The van der Waals surface area contributed by atoms with Crippen LogP contribution >= 0.6 is 0 Å². The molecule has 0 saturated carbocycles. The number of likely N-dealkylation sites (tertiary alicyclic amines) is 1. The van der Waals surface area contributed by atoms with Crippen molar-refractivity contribution in [3.8, 4) is 5.75 Å². The molecule has 0 aliphatic carbocycles. The van der Waals surface area contributed by atoms with Crippen molar-refractivity contribution in [1.29, 1.82) is 0 Å². The number of piperidine rings is 1. The fraction of sp³-hybridized carbons (Fsp3) is 0.368. The fourth-order valence-electron chi connectivity index (χ4n) is 2.99. The minimum atomic E-state index is -0.274. The van der Waals surface area contributed by atoms with Crippen LogP contribution in [0.2, 0.25) is 0 Å². The van der Waals surface area contributed by atoms with Crippen LogP contribution in [0.4, 0.5) is 4.39 Å². The van der Waals surface area contributed by atoms with E-state index in [4.69, 9.17) is 4.74 Å². The summed E-state index contributed by atoms with van der Waals surface area (Å²) in [5, 5.41) is 0. The second kappa shape index (κ2) is 7.43. The molecule has 24 heavy (non-hydrogen) atoms. The van der Waals surface area contributed by atoms with E-state index in [1.165, 1.54) is 12.1 Å². The Morgan fingerprint density at radius 3 is 2.88 bits per heavy atom. The van der Waals surface area contributed by atoms with Crippen LogP contribution in [0, 0.1) is 18.7 Å². The third-order valence-electron chi connectivity index (χ3n) is 4.38. The molecule has 1 fully saturated rings. The Morgan fingerprint density at radius 2 is 2.12 bits per heavy atom. The van der Waals surface area contributed by atoms with E-state index >= 15 is 0 Å². The van der Waals surface area contributed by atoms with Crippen molar-refractivity contribution < 1.29 is 13.9 Å². The Labute approximate surface area is 141 Å². The number of aryl methyl sites for hydroxylation is 1. The van der Waals surface area contributed by atoms with Crippen molar-refractivity contribution in [1.82, 2.24) is 9.88 Å². The van der Waals surface area contributed by atoms with Gasteiger partial charge in [-0.3, -0.25) is 9.78 Å². The van der Waals surface area contributed by atoms with Gasteiger partial charge in [-0.1, -0.05) is 0 Å². The maximum Gasteiger partial charge on any atom is 0.255 e. The maximum atomic E-state index is 12.9. The quantitative estimate of drug-likeness (QED) is 0.863. The Morgan fingerprint density at radius 1 is 1.33 bits per heavy atom. The summed E-state index contributed by atoms with van der Waals surface area (Å²) in [6.07, 6.45) is 5.32. The highest BCUT2D eigenvalue weighted by Gasteiger charge is 2.25. The zero-order valence-corrected chi connectivity index (χ0v) is 13.7. The standard InChI is InChI=1S/C19H21FN2O2/c1-14-8-9-21-11-18(14)19(23)22-10-2-3-15(12-22)13-24-17-6-4-16(20)5-7-17/h4-9,11,15H,2-3,10,12-13H2,1H3. The molecule has 1 aromatic heterocycles. The molecule has 5 heteroatoms. The summed E-state index contributed by atoms with van der Waals surface area (Å²) < 4.78 is 18.7. The summed E-state index contributed by atoms with van der Waals surface area (Å²) in [4.78, 5) is 18.6. The van der Waals surface area contributed by atoms with Crippen molar-refractivity contribution in [2.75, 3.05) is 19.7 Å². The normalized spacial score (nSPS) is 17.6. The van der Waals surface area contributed by atoms with E-state index in [0.29, 0.717) is 24.5 Å². The molecule has 1 unspecified atom stereocenters. The SMILES string of the molecule is Cc1ccncc1C(=O)N1CCCC(COc2ccc(F)cc2)C1. The van der Waals surface area contributed by atoms with Crippen LogP contribution in [0.15, 0.2) is 42.7 Å². The Kier molecular flexibility index (Phi) is 5.08. The highest BCUT2D eigenvalue weighted by atomic mass is 19.1. The van der Waals surface area contributed by atoms with Crippen LogP contribution in [0.3, 0.4) is 0 Å². The third-order valence-corrected chi connectivity index (χ3v) is 4.38. The van der Waals surface area contributed by atoms with E-state index in [1.807, 2.05) is 17.9 Å². The molecule has 0 spiro atoms. The average Bonchev–Trinajstić information content (AvgIpc) is 2.61. The number of carbonyl (C=O) groups excluding carboxylic acids is 1. The molecule has 4 nitrogen and oxygen atoms in total. The fourth-order valence-corrected chi connectivity index (χ4v) is 2.99. The molecule has 2 heterocycles. The summed E-state index contributed by atoms with van der Waals surface area (Å²) in [5.41, 5.74) is 1.61. The lowest BCUT2D eigenvalue weighted by molar-refractivity contribution is 0.0632. The van der Waals surface area contributed by atoms with E-state index < -0.39 is 0 Å². The first-order valence-corrected chi connectivity index (χ1v) is 8.22. The lowest BCUT2D eigenvalue weighted by atomic mass is 9.98. The summed E-state index contributed by atoms with van der Waals surface area (Å²) in [6, 6.07) is 7.88. The summed E-state index contributed by atoms with van der Waals surface area (Å²) in [5.74, 6) is 0.698. The number of rotatable bonds is 4. The zero-order chi connectivity index (χ0) is 16.9. The van der Waals surface area contributed by atoms with Gasteiger partial charge in [0.15, 0.2) is 0 Å². The van der Waals surface area contributed by atoms with Gasteiger partial charge in [-0.2, -0.15) is 0 Å². The van der Waals surface area contributed by atoms with Gasteiger partial charge < -0.3 is 9.64 Å². The molecule has 1 aliphatic heterocycles. The van der Waals surface area contributed by atoms with Crippen molar-refractivity contribution in [2.24, 2.45) is 5.92 Å². The number of aromatic nitrogens is 1. The number of carbonyl (C=O) groups is 1. The second-order valence-electron chi connectivity index (χ2n) is 6.21. The van der Waals surface area contributed by atoms with Crippen LogP contribution in [0.25, 0.3) is 0 Å². The topological polar surface area (TPSA) is 42.4 Å². The van der Waals surface area contributed by atoms with Gasteiger partial charge in [-0.15, -0.1) is 0 Å². The summed E-state index contributed by atoms with van der Waals surface area (Å²) in [7, 11) is 0. The highest BCUT2D eigenvalue weighted by Crippen LogP contribution is 2.21. The van der Waals surface area contributed by atoms with E-state index in [2.05, 4.69) is 4.98 Å². The van der Waals surface area contributed by atoms with Crippen LogP contribution in [0.5, 0.6) is 5.75 Å². The molecule has 0 radical (unpaired) electrons. The molecule has 1 atom stereocenters. The first kappa shape index (κ1) is 16.4. The van der Waals surface area contributed by atoms with E-state index in [9.17, 15) is 9.18 Å². The van der Waals surface area contributed by atoms with E-state index in [0.717, 1.165) is 24.9 Å². The molecule has 1 amide bonds. The minimum Gasteiger partial charge on any atom is -0.493 e. The summed E-state index contributed by atoms with van der Waals surface area (Å²) >= 11 is 0. The lowest BCUT2D eigenvalue weighted by Crippen LogP contribution is -2.41. The summed E-state index contributed by atoms with van der Waals surface area (Å²) in [6.45, 7) is 3.89. The van der Waals surface area contributed by atoms with Crippen molar-refractivity contribution in [2.45, 2.75) is 19.8 Å². The van der Waals surface area contributed by atoms with Crippen molar-refractivity contribution >= 4 is 5.91 Å². The minimum absolute atomic E-state index is 0.0343. The smallest absolute Gasteiger partial charge is 0.255 e. The van der Waals surface area contributed by atoms with E-state index in [-0.39, 0.29) is 17.6 Å². The molecule has 0 N–H and O–H groups in total. The molecule has 1 aliphatic rings. The molecule has 1 saturated heterocycles. The van der Waals surface area contributed by atoms with E-state index in [1.54, 1.807) is 24.5 Å². The van der Waals surface area contributed by atoms with Crippen LogP contribution < -0.4 is 4.74 Å². The van der Waals surface area contributed by atoms with Gasteiger partial charge >= 0.3 is 0 Å². The average molecular weight is 328 g/mol. The monoisotopic (exact) mass is 328 g/mol. The predicted octanol–water partition coefficient (Wildman–Crippen LogP) is 3.46. The number of amides is 1. The second-order valence-corrected chi connectivity index (χ2v) is 6.21. The molecule has 126 valence electrons. The van der Waals surface area contributed by atoms with Gasteiger partial charge in [0.2, 0.25) is 0 Å². The van der Waals surface area contributed by atoms with Gasteiger partial charge in [-0.25, -0.2) is 4.39 Å². The molecular weight excluding hydrogens is 307 g/mol. The largest absolute Gasteiger partial charge is 0.493 e. The molecule has 2 aromatic rings. The Bertz CT molecular complexity index is 703. The Balaban J connectivity index is 1.59. The number of nitrogens with zero attached hydrogens (tertiary/aromatic N) is 2. The number of halogens is 1. The molecule has 1 aromatic carbocycles. The number of hydrogen-bond acceptors (Lipinski definition) is 3. The number of benzene rings is 1. The van der Waals surface area contributed by atoms with Gasteiger partial charge in [0, 0.05) is 31.4 Å². The Hall–Kier alpha value is -2.43. The zero-order valence-electron chi connectivity index (χ0n) is 13.7. The van der Waals surface area contributed by atoms with Gasteiger partial charge in [0.25, 0.3) is 5.91 Å². The van der Waals surface area contributed by atoms with Gasteiger partial charge in [0.1, 0.15) is 11.6 Å². The van der Waals surface area contributed by atoms with Gasteiger partial charge in [0.05, 0.1) is 12.2 Å². The number of hydrogen-bond donors (Lipinski definition) is 0. The number of pyridine rings is 1.